The largest absolute Gasteiger partial charge is 0.366 e. The van der Waals surface area contributed by atoms with Crippen LogP contribution >= 0.6 is 0 Å². The predicted molar refractivity (Wildman–Crippen MR) is 102 cm³/mol. The topological polar surface area (TPSA) is 71.8 Å². The number of nitrogens with one attached hydrogen (secondary N) is 1. The van der Waals surface area contributed by atoms with Crippen molar-refractivity contribution < 1.29 is 9.53 Å². The number of urea groups is 1. The molecule has 2 aromatic heterocycles. The van der Waals surface area contributed by atoms with Gasteiger partial charge in [-0.3, -0.25) is 0 Å². The summed E-state index contributed by atoms with van der Waals surface area (Å²) in [6, 6.07) is 14.2. The minimum absolute atomic E-state index is 0.0755. The molecule has 1 aliphatic rings. The zero-order valence-corrected chi connectivity index (χ0v) is 15.5. The second kappa shape index (κ2) is 7.36. The second-order valence-corrected chi connectivity index (χ2v) is 6.97. The molecule has 1 aromatic carbocycles. The van der Waals surface area contributed by atoms with Crippen LogP contribution in [0.1, 0.15) is 25.8 Å². The summed E-state index contributed by atoms with van der Waals surface area (Å²) >= 11 is 0. The number of hydrogen-bond donors (Lipinski definition) is 1. The van der Waals surface area contributed by atoms with Crippen molar-refractivity contribution in [1.82, 2.24) is 24.8 Å². The van der Waals surface area contributed by atoms with Crippen LogP contribution in [0.4, 0.5) is 4.79 Å². The Morgan fingerprint density at radius 2 is 2.00 bits per heavy atom. The summed E-state index contributed by atoms with van der Waals surface area (Å²) in [4.78, 5) is 18.6. The van der Waals surface area contributed by atoms with Crippen LogP contribution in [0.25, 0.3) is 16.8 Å². The molecule has 2 amide bonds. The zero-order chi connectivity index (χ0) is 18.8. The molecule has 0 saturated carbocycles. The highest BCUT2D eigenvalue weighted by Crippen LogP contribution is 2.23. The third-order valence-electron chi connectivity index (χ3n) is 4.51. The van der Waals surface area contributed by atoms with Crippen LogP contribution in [0.15, 0.2) is 48.7 Å². The molecule has 3 heterocycles. The SMILES string of the molecule is CC(C)NC(=O)N1CCO[C@@H](c2nc3ccc(-c4ccccc4)cn3n2)C1. The van der Waals surface area contributed by atoms with Gasteiger partial charge in [-0.05, 0) is 31.5 Å². The van der Waals surface area contributed by atoms with E-state index in [9.17, 15) is 4.79 Å². The quantitative estimate of drug-likeness (QED) is 0.775. The molecule has 4 rings (SSSR count). The Bertz CT molecular complexity index is 938. The van der Waals surface area contributed by atoms with Gasteiger partial charge < -0.3 is 15.0 Å². The van der Waals surface area contributed by atoms with Gasteiger partial charge in [0.15, 0.2) is 11.5 Å². The van der Waals surface area contributed by atoms with Gasteiger partial charge in [0.1, 0.15) is 6.10 Å². The average Bonchev–Trinajstić information content (AvgIpc) is 3.11. The maximum Gasteiger partial charge on any atom is 0.317 e. The first-order valence-electron chi connectivity index (χ1n) is 9.19. The van der Waals surface area contributed by atoms with Gasteiger partial charge in [-0.15, -0.1) is 5.10 Å². The van der Waals surface area contributed by atoms with E-state index in [0.717, 1.165) is 16.8 Å². The summed E-state index contributed by atoms with van der Waals surface area (Å²) in [5.74, 6) is 0.599. The summed E-state index contributed by atoms with van der Waals surface area (Å²) in [7, 11) is 0. The third kappa shape index (κ3) is 3.78. The number of pyridine rings is 1. The number of carbonyl (C=O) groups excluding carboxylic acids is 1. The second-order valence-electron chi connectivity index (χ2n) is 6.97. The first-order valence-corrected chi connectivity index (χ1v) is 9.19. The van der Waals surface area contributed by atoms with Gasteiger partial charge in [0.05, 0.1) is 13.2 Å². The molecule has 1 aliphatic heterocycles. The molecule has 1 atom stereocenters. The van der Waals surface area contributed by atoms with Crippen molar-refractivity contribution in [2.45, 2.75) is 26.0 Å². The fraction of sp³-hybridized carbons (Fsp3) is 0.350. The lowest BCUT2D eigenvalue weighted by atomic mass is 10.1. The van der Waals surface area contributed by atoms with Crippen molar-refractivity contribution in [3.63, 3.8) is 0 Å². The number of fused-ring (bicyclic) bond motifs is 1. The molecule has 3 aromatic rings. The number of morpholine rings is 1. The average molecular weight is 365 g/mol. The minimum atomic E-state index is -0.322. The van der Waals surface area contributed by atoms with E-state index in [1.165, 1.54) is 0 Å². The van der Waals surface area contributed by atoms with Crippen LogP contribution in [0.5, 0.6) is 0 Å². The Hall–Kier alpha value is -2.93. The standard InChI is InChI=1S/C20H23N5O2/c1-14(2)21-20(26)24-10-11-27-17(13-24)19-22-18-9-8-16(12-25(18)23-19)15-6-4-3-5-7-15/h3-9,12,14,17H,10-11,13H2,1-2H3,(H,21,26)/t17-/m1/s1. The van der Waals surface area contributed by atoms with Crippen molar-refractivity contribution in [2.75, 3.05) is 19.7 Å². The summed E-state index contributed by atoms with van der Waals surface area (Å²) in [5.41, 5.74) is 2.96. The van der Waals surface area contributed by atoms with Crippen molar-refractivity contribution in [1.29, 1.82) is 0 Å². The number of hydrogen-bond acceptors (Lipinski definition) is 4. The molecule has 1 saturated heterocycles. The highest BCUT2D eigenvalue weighted by molar-refractivity contribution is 5.74. The number of benzene rings is 1. The molecule has 0 bridgehead atoms. The van der Waals surface area contributed by atoms with Crippen LogP contribution in [0, 0.1) is 0 Å². The van der Waals surface area contributed by atoms with Crippen LogP contribution in [-0.4, -0.2) is 51.3 Å². The number of rotatable bonds is 3. The lowest BCUT2D eigenvalue weighted by Crippen LogP contribution is -2.49. The molecule has 27 heavy (non-hydrogen) atoms. The highest BCUT2D eigenvalue weighted by atomic mass is 16.5. The molecule has 7 heteroatoms. The molecule has 0 unspecified atom stereocenters. The summed E-state index contributed by atoms with van der Waals surface area (Å²) in [5, 5.41) is 7.52. The Morgan fingerprint density at radius 3 is 2.78 bits per heavy atom. The molecule has 7 nitrogen and oxygen atoms in total. The fourth-order valence-corrected chi connectivity index (χ4v) is 3.17. The van der Waals surface area contributed by atoms with Crippen LogP contribution in [-0.2, 0) is 4.74 Å². The van der Waals surface area contributed by atoms with Gasteiger partial charge in [0, 0.05) is 24.3 Å². The van der Waals surface area contributed by atoms with Gasteiger partial charge in [-0.2, -0.15) is 0 Å². The monoisotopic (exact) mass is 365 g/mol. The molecule has 0 radical (unpaired) electrons. The molecule has 1 fully saturated rings. The Balaban J connectivity index is 1.56. The van der Waals surface area contributed by atoms with E-state index in [2.05, 4.69) is 27.5 Å². The lowest BCUT2D eigenvalue weighted by Gasteiger charge is -2.32. The van der Waals surface area contributed by atoms with E-state index in [4.69, 9.17) is 4.74 Å². The number of ether oxygens (including phenoxy) is 1. The van der Waals surface area contributed by atoms with E-state index in [1.54, 1.807) is 9.42 Å². The number of nitrogens with zero attached hydrogens (tertiary/aromatic N) is 4. The van der Waals surface area contributed by atoms with Crippen molar-refractivity contribution in [2.24, 2.45) is 0 Å². The zero-order valence-electron chi connectivity index (χ0n) is 15.5. The third-order valence-corrected chi connectivity index (χ3v) is 4.51. The molecule has 0 spiro atoms. The molecule has 1 N–H and O–H groups in total. The Kier molecular flexibility index (Phi) is 4.77. The molecular formula is C20H23N5O2. The Labute approximate surface area is 158 Å². The smallest absolute Gasteiger partial charge is 0.317 e. The minimum Gasteiger partial charge on any atom is -0.366 e. The van der Waals surface area contributed by atoms with Crippen molar-refractivity contribution in [3.8, 4) is 11.1 Å². The predicted octanol–water partition coefficient (Wildman–Crippen LogP) is 2.89. The number of aromatic nitrogens is 3. The first-order chi connectivity index (χ1) is 13.1. The number of carbonyl (C=O) groups is 1. The van der Waals surface area contributed by atoms with Crippen LogP contribution < -0.4 is 5.32 Å². The van der Waals surface area contributed by atoms with Crippen LogP contribution in [0.3, 0.4) is 0 Å². The summed E-state index contributed by atoms with van der Waals surface area (Å²) < 4.78 is 7.61. The van der Waals surface area contributed by atoms with Gasteiger partial charge in [-0.1, -0.05) is 30.3 Å². The van der Waals surface area contributed by atoms with Gasteiger partial charge >= 0.3 is 6.03 Å². The van der Waals surface area contributed by atoms with Crippen LogP contribution in [0.2, 0.25) is 0 Å². The molecule has 140 valence electrons. The highest BCUT2D eigenvalue weighted by Gasteiger charge is 2.28. The van der Waals surface area contributed by atoms with E-state index in [0.29, 0.717) is 25.5 Å². The maximum atomic E-state index is 12.3. The molecular weight excluding hydrogens is 342 g/mol. The van der Waals surface area contributed by atoms with E-state index in [1.807, 2.05) is 50.4 Å². The lowest BCUT2D eigenvalue weighted by molar-refractivity contribution is -0.0200. The van der Waals surface area contributed by atoms with Gasteiger partial charge in [0.2, 0.25) is 0 Å². The Morgan fingerprint density at radius 1 is 1.19 bits per heavy atom. The number of amides is 2. The fourth-order valence-electron chi connectivity index (χ4n) is 3.17. The van der Waals surface area contributed by atoms with E-state index in [-0.39, 0.29) is 18.2 Å². The summed E-state index contributed by atoms with van der Waals surface area (Å²) in [6.45, 7) is 5.39. The molecule has 0 aliphatic carbocycles. The maximum absolute atomic E-state index is 12.3. The van der Waals surface area contributed by atoms with E-state index < -0.39 is 0 Å². The van der Waals surface area contributed by atoms with Gasteiger partial charge in [0.25, 0.3) is 0 Å². The first kappa shape index (κ1) is 17.5. The van der Waals surface area contributed by atoms with E-state index >= 15 is 0 Å². The normalized spacial score (nSPS) is 17.4. The van der Waals surface area contributed by atoms with Gasteiger partial charge in [-0.25, -0.2) is 14.3 Å². The van der Waals surface area contributed by atoms with Crippen molar-refractivity contribution in [3.05, 3.63) is 54.5 Å². The summed E-state index contributed by atoms with van der Waals surface area (Å²) in [6.07, 6.45) is 1.64. The van der Waals surface area contributed by atoms with Crippen molar-refractivity contribution >= 4 is 11.7 Å².